The number of hydrogen-bond acceptors (Lipinski definition) is 4. The van der Waals surface area contributed by atoms with Crippen molar-refractivity contribution in [3.8, 4) is 16.9 Å². The van der Waals surface area contributed by atoms with Crippen molar-refractivity contribution in [2.75, 3.05) is 6.61 Å². The average molecular weight is 407 g/mol. The number of carbonyl (C=O) groups is 2. The first-order valence-corrected chi connectivity index (χ1v) is 10.5. The van der Waals surface area contributed by atoms with Crippen LogP contribution in [0, 0.1) is 5.41 Å². The summed E-state index contributed by atoms with van der Waals surface area (Å²) in [4.78, 5) is 23.4. The van der Waals surface area contributed by atoms with Gasteiger partial charge in [0.05, 0.1) is 12.0 Å². The predicted molar refractivity (Wildman–Crippen MR) is 118 cm³/mol. The van der Waals surface area contributed by atoms with E-state index in [-0.39, 0.29) is 11.9 Å². The molecule has 0 atom stereocenters. The summed E-state index contributed by atoms with van der Waals surface area (Å²) < 4.78 is 10.8. The molecule has 2 aromatic rings. The lowest BCUT2D eigenvalue weighted by Gasteiger charge is -2.19. The molecule has 3 rings (SSSR count). The summed E-state index contributed by atoms with van der Waals surface area (Å²) in [7, 11) is 0. The van der Waals surface area contributed by atoms with Gasteiger partial charge in [-0.15, -0.1) is 0 Å². The summed E-state index contributed by atoms with van der Waals surface area (Å²) in [5, 5.41) is 0. The summed E-state index contributed by atoms with van der Waals surface area (Å²) in [5.74, 6) is 0.125. The largest absolute Gasteiger partial charge is 0.463 e. The Bertz CT molecular complexity index is 933. The van der Waals surface area contributed by atoms with Gasteiger partial charge in [-0.2, -0.15) is 0 Å². The fourth-order valence-electron chi connectivity index (χ4n) is 3.65. The number of aryl methyl sites for hydroxylation is 1. The molecule has 0 heterocycles. The van der Waals surface area contributed by atoms with Crippen molar-refractivity contribution in [3.63, 3.8) is 0 Å². The number of hydrogen-bond donors (Lipinski definition) is 0. The Hall–Kier alpha value is -2.88. The molecule has 0 spiro atoms. The molecule has 0 N–H and O–H groups in total. The first kappa shape index (κ1) is 21.8. The molecule has 1 aliphatic carbocycles. The maximum Gasteiger partial charge on any atom is 0.330 e. The Balaban J connectivity index is 1.72. The van der Waals surface area contributed by atoms with E-state index in [0.29, 0.717) is 12.4 Å². The molecule has 158 valence electrons. The zero-order chi connectivity index (χ0) is 21.7. The maximum absolute atomic E-state index is 12.3. The minimum absolute atomic E-state index is 0.201. The lowest BCUT2D eigenvalue weighted by Crippen LogP contribution is -2.26. The topological polar surface area (TPSA) is 52.6 Å². The van der Waals surface area contributed by atoms with E-state index in [9.17, 15) is 9.59 Å². The zero-order valence-corrected chi connectivity index (χ0v) is 18.1. The van der Waals surface area contributed by atoms with Crippen LogP contribution in [-0.4, -0.2) is 18.5 Å². The summed E-state index contributed by atoms with van der Waals surface area (Å²) in [6.45, 7) is 9.40. The van der Waals surface area contributed by atoms with Gasteiger partial charge in [0.15, 0.2) is 0 Å². The van der Waals surface area contributed by atoms with Gasteiger partial charge in [0.1, 0.15) is 5.75 Å². The van der Waals surface area contributed by atoms with Gasteiger partial charge < -0.3 is 9.47 Å². The van der Waals surface area contributed by atoms with E-state index in [2.05, 4.69) is 36.9 Å². The van der Waals surface area contributed by atoms with Crippen molar-refractivity contribution >= 4 is 11.9 Å². The maximum atomic E-state index is 12.3. The van der Waals surface area contributed by atoms with Crippen molar-refractivity contribution in [2.24, 2.45) is 5.41 Å². The summed E-state index contributed by atoms with van der Waals surface area (Å²) in [6, 6.07) is 12.5. The molecule has 4 nitrogen and oxygen atoms in total. The van der Waals surface area contributed by atoms with Gasteiger partial charge in [0, 0.05) is 6.08 Å². The van der Waals surface area contributed by atoms with Crippen LogP contribution in [0.1, 0.15) is 50.3 Å². The number of ether oxygens (including phenoxy) is 2. The Morgan fingerprint density at radius 2 is 1.73 bits per heavy atom. The van der Waals surface area contributed by atoms with Gasteiger partial charge in [0.2, 0.25) is 0 Å². The smallest absolute Gasteiger partial charge is 0.330 e. The van der Waals surface area contributed by atoms with Crippen molar-refractivity contribution < 1.29 is 19.1 Å². The lowest BCUT2D eigenvalue weighted by atomic mass is 9.94. The standard InChI is InChI=1S/C26H30O4/c1-5-24(27)29-17-7-8-18-11-13-19(14-12-18)20-15-16-23(22-10-6-9-21(20)22)30-25(28)26(2,3)4/h5,11-16H,1,6-10,17H2,2-4H3. The third kappa shape index (κ3) is 5.18. The lowest BCUT2D eigenvalue weighted by molar-refractivity contribution is -0.143. The number of fused-ring (bicyclic) bond motifs is 1. The third-order valence-corrected chi connectivity index (χ3v) is 5.34. The van der Waals surface area contributed by atoms with Crippen LogP contribution in [0.15, 0.2) is 49.1 Å². The molecule has 0 saturated carbocycles. The molecule has 0 saturated heterocycles. The highest BCUT2D eigenvalue weighted by Gasteiger charge is 2.27. The Kier molecular flexibility index (Phi) is 6.76. The van der Waals surface area contributed by atoms with Crippen LogP contribution in [0.3, 0.4) is 0 Å². The molecule has 0 radical (unpaired) electrons. The highest BCUT2D eigenvalue weighted by Crippen LogP contribution is 2.38. The van der Waals surface area contributed by atoms with Crippen LogP contribution < -0.4 is 4.74 Å². The molecule has 1 aliphatic rings. The van der Waals surface area contributed by atoms with Gasteiger partial charge in [-0.25, -0.2) is 4.79 Å². The minimum atomic E-state index is -0.524. The van der Waals surface area contributed by atoms with Crippen LogP contribution in [0.4, 0.5) is 0 Å². The molecule has 30 heavy (non-hydrogen) atoms. The summed E-state index contributed by atoms with van der Waals surface area (Å²) >= 11 is 0. The molecule has 0 aliphatic heterocycles. The van der Waals surface area contributed by atoms with E-state index >= 15 is 0 Å². The van der Waals surface area contributed by atoms with E-state index in [1.54, 1.807) is 0 Å². The SMILES string of the molecule is C=CC(=O)OCCCc1ccc(-c2ccc(OC(=O)C(C)(C)C)c3c2CCC3)cc1. The zero-order valence-electron chi connectivity index (χ0n) is 18.1. The first-order chi connectivity index (χ1) is 14.3. The van der Waals surface area contributed by atoms with Gasteiger partial charge in [-0.05, 0) is 86.8 Å². The molecule has 0 amide bonds. The molecule has 4 heteroatoms. The Labute approximate surface area is 178 Å². The van der Waals surface area contributed by atoms with Crippen LogP contribution in [-0.2, 0) is 33.6 Å². The van der Waals surface area contributed by atoms with Crippen LogP contribution in [0.5, 0.6) is 5.75 Å². The van der Waals surface area contributed by atoms with Crippen LogP contribution >= 0.6 is 0 Å². The molecule has 2 aromatic carbocycles. The number of benzene rings is 2. The van der Waals surface area contributed by atoms with E-state index in [1.165, 1.54) is 33.9 Å². The quantitative estimate of drug-likeness (QED) is 0.265. The third-order valence-electron chi connectivity index (χ3n) is 5.34. The van der Waals surface area contributed by atoms with Gasteiger partial charge in [-0.1, -0.05) is 36.9 Å². The molecular weight excluding hydrogens is 376 g/mol. The molecule has 0 fully saturated rings. The van der Waals surface area contributed by atoms with Gasteiger partial charge >= 0.3 is 11.9 Å². The van der Waals surface area contributed by atoms with Gasteiger partial charge in [0.25, 0.3) is 0 Å². The van der Waals surface area contributed by atoms with E-state index in [0.717, 1.165) is 32.1 Å². The highest BCUT2D eigenvalue weighted by atomic mass is 16.5. The summed E-state index contributed by atoms with van der Waals surface area (Å²) in [5.41, 5.74) is 5.52. The highest BCUT2D eigenvalue weighted by molar-refractivity contribution is 5.81. The predicted octanol–water partition coefficient (Wildman–Crippen LogP) is 5.46. The molecule has 0 aromatic heterocycles. The van der Waals surface area contributed by atoms with Crippen LogP contribution in [0.25, 0.3) is 11.1 Å². The van der Waals surface area contributed by atoms with Crippen molar-refractivity contribution in [1.82, 2.24) is 0 Å². The van der Waals surface area contributed by atoms with Crippen molar-refractivity contribution in [3.05, 3.63) is 65.7 Å². The van der Waals surface area contributed by atoms with E-state index in [4.69, 9.17) is 9.47 Å². The normalized spacial score (nSPS) is 12.9. The van der Waals surface area contributed by atoms with Crippen LogP contribution in [0.2, 0.25) is 0 Å². The molecule has 0 unspecified atom stereocenters. The monoisotopic (exact) mass is 406 g/mol. The summed E-state index contributed by atoms with van der Waals surface area (Å²) in [6.07, 6.45) is 5.84. The van der Waals surface area contributed by atoms with E-state index in [1.807, 2.05) is 26.8 Å². The second kappa shape index (κ2) is 9.29. The second-order valence-electron chi connectivity index (χ2n) is 8.73. The number of rotatable bonds is 7. The van der Waals surface area contributed by atoms with Crippen molar-refractivity contribution in [1.29, 1.82) is 0 Å². The minimum Gasteiger partial charge on any atom is -0.463 e. The Morgan fingerprint density at radius 1 is 1.03 bits per heavy atom. The first-order valence-electron chi connectivity index (χ1n) is 10.5. The Morgan fingerprint density at radius 3 is 2.40 bits per heavy atom. The molecular formula is C26H30O4. The fraction of sp³-hybridized carbons (Fsp3) is 0.385. The fourth-order valence-corrected chi connectivity index (χ4v) is 3.65. The van der Waals surface area contributed by atoms with E-state index < -0.39 is 5.41 Å². The average Bonchev–Trinajstić information content (AvgIpc) is 3.21. The second-order valence-corrected chi connectivity index (χ2v) is 8.73. The van der Waals surface area contributed by atoms with Gasteiger partial charge in [-0.3, -0.25) is 4.79 Å². The number of carbonyl (C=O) groups excluding carboxylic acids is 2. The molecule has 0 bridgehead atoms. The van der Waals surface area contributed by atoms with Crippen molar-refractivity contribution in [2.45, 2.75) is 52.9 Å². The number of esters is 2.